The predicted molar refractivity (Wildman–Crippen MR) is 70.6 cm³/mol. The summed E-state index contributed by atoms with van der Waals surface area (Å²) in [7, 11) is 0. The number of carbonyl (C=O) groups excluding carboxylic acids is 1. The molecule has 2 heterocycles. The Kier molecular flexibility index (Phi) is 2.56. The van der Waals surface area contributed by atoms with E-state index in [0.717, 1.165) is 16.2 Å². The van der Waals surface area contributed by atoms with Crippen LogP contribution in [0.1, 0.15) is 6.92 Å². The predicted octanol–water partition coefficient (Wildman–Crippen LogP) is 2.42. The maximum absolute atomic E-state index is 11.0. The van der Waals surface area contributed by atoms with Crippen LogP contribution in [0.5, 0.6) is 0 Å². The molecule has 0 unspecified atom stereocenters. The van der Waals surface area contributed by atoms with Gasteiger partial charge >= 0.3 is 0 Å². The molecule has 0 aliphatic heterocycles. The highest BCUT2D eigenvalue weighted by molar-refractivity contribution is 7.15. The van der Waals surface area contributed by atoms with Crippen LogP contribution >= 0.6 is 11.3 Å². The van der Waals surface area contributed by atoms with E-state index in [1.54, 1.807) is 4.52 Å². The molecule has 0 fully saturated rings. The standard InChI is InChI=1S/C12H10N4OS/c1-8(17)13-11-14-12-16(15-11)10(7-18-12)9-5-3-2-4-6-9/h2-7H,1H3,(H,13,15,17). The Labute approximate surface area is 107 Å². The van der Waals surface area contributed by atoms with Crippen LogP contribution in [0.2, 0.25) is 0 Å². The molecule has 0 aliphatic rings. The van der Waals surface area contributed by atoms with Gasteiger partial charge in [-0.05, 0) is 0 Å². The number of anilines is 1. The van der Waals surface area contributed by atoms with Gasteiger partial charge in [0.1, 0.15) is 0 Å². The van der Waals surface area contributed by atoms with Crippen LogP contribution in [0.25, 0.3) is 16.2 Å². The maximum atomic E-state index is 11.0. The Morgan fingerprint density at radius 2 is 2.11 bits per heavy atom. The topological polar surface area (TPSA) is 59.3 Å². The molecule has 1 N–H and O–H groups in total. The van der Waals surface area contributed by atoms with Crippen molar-refractivity contribution in [3.63, 3.8) is 0 Å². The van der Waals surface area contributed by atoms with Crippen molar-refractivity contribution in [2.45, 2.75) is 6.92 Å². The summed E-state index contributed by atoms with van der Waals surface area (Å²) in [6.07, 6.45) is 0. The van der Waals surface area contributed by atoms with Crippen LogP contribution in [0.15, 0.2) is 35.7 Å². The molecular formula is C12H10N4OS. The zero-order valence-corrected chi connectivity index (χ0v) is 10.4. The minimum atomic E-state index is -0.172. The van der Waals surface area contributed by atoms with Gasteiger partial charge in [0.25, 0.3) is 0 Å². The van der Waals surface area contributed by atoms with E-state index in [9.17, 15) is 4.79 Å². The van der Waals surface area contributed by atoms with Crippen molar-refractivity contribution in [2.75, 3.05) is 5.32 Å². The molecule has 0 bridgehead atoms. The summed E-state index contributed by atoms with van der Waals surface area (Å²) in [5.74, 6) is 0.168. The van der Waals surface area contributed by atoms with Crippen molar-refractivity contribution in [2.24, 2.45) is 0 Å². The first kappa shape index (κ1) is 10.9. The van der Waals surface area contributed by atoms with E-state index in [1.807, 2.05) is 35.7 Å². The van der Waals surface area contributed by atoms with Gasteiger partial charge in [0.2, 0.25) is 16.8 Å². The van der Waals surface area contributed by atoms with Gasteiger partial charge in [-0.1, -0.05) is 30.3 Å². The zero-order chi connectivity index (χ0) is 12.5. The maximum Gasteiger partial charge on any atom is 0.250 e. The monoisotopic (exact) mass is 258 g/mol. The third-order valence-electron chi connectivity index (χ3n) is 2.44. The second-order valence-electron chi connectivity index (χ2n) is 3.80. The molecule has 3 rings (SSSR count). The Hall–Kier alpha value is -2.21. The molecular weight excluding hydrogens is 248 g/mol. The minimum absolute atomic E-state index is 0.172. The van der Waals surface area contributed by atoms with Gasteiger partial charge in [-0.2, -0.15) is 4.98 Å². The highest BCUT2D eigenvalue weighted by Crippen LogP contribution is 2.25. The van der Waals surface area contributed by atoms with E-state index in [-0.39, 0.29) is 5.91 Å². The first-order valence-corrected chi connectivity index (χ1v) is 6.29. The summed E-state index contributed by atoms with van der Waals surface area (Å²) in [6.45, 7) is 1.44. The fourth-order valence-corrected chi connectivity index (χ4v) is 2.53. The molecule has 0 atom stereocenters. The van der Waals surface area contributed by atoms with Crippen LogP contribution in [0.4, 0.5) is 5.95 Å². The van der Waals surface area contributed by atoms with Crippen LogP contribution < -0.4 is 5.32 Å². The van der Waals surface area contributed by atoms with E-state index < -0.39 is 0 Å². The first-order valence-electron chi connectivity index (χ1n) is 5.41. The van der Waals surface area contributed by atoms with Crippen molar-refractivity contribution in [1.82, 2.24) is 14.6 Å². The second kappa shape index (κ2) is 4.23. The van der Waals surface area contributed by atoms with E-state index >= 15 is 0 Å². The largest absolute Gasteiger partial charge is 0.293 e. The van der Waals surface area contributed by atoms with Gasteiger partial charge in [0.15, 0.2) is 0 Å². The van der Waals surface area contributed by atoms with Gasteiger partial charge in [-0.3, -0.25) is 10.1 Å². The SMILES string of the molecule is CC(=O)Nc1nc2scc(-c3ccccc3)n2n1. The summed E-state index contributed by atoms with van der Waals surface area (Å²) < 4.78 is 1.74. The molecule has 1 amide bonds. The molecule has 5 nitrogen and oxygen atoms in total. The number of hydrogen-bond donors (Lipinski definition) is 1. The fourth-order valence-electron chi connectivity index (χ4n) is 1.70. The summed E-state index contributed by atoms with van der Waals surface area (Å²) in [5.41, 5.74) is 2.04. The number of nitrogens with one attached hydrogen (secondary N) is 1. The van der Waals surface area contributed by atoms with Crippen LogP contribution in [-0.4, -0.2) is 20.5 Å². The molecule has 2 aromatic heterocycles. The lowest BCUT2D eigenvalue weighted by molar-refractivity contribution is -0.114. The number of nitrogens with zero attached hydrogens (tertiary/aromatic N) is 3. The smallest absolute Gasteiger partial charge is 0.250 e. The molecule has 0 saturated carbocycles. The third kappa shape index (κ3) is 1.86. The van der Waals surface area contributed by atoms with Crippen molar-refractivity contribution >= 4 is 28.2 Å². The Morgan fingerprint density at radius 3 is 2.83 bits per heavy atom. The number of carbonyl (C=O) groups is 1. The Balaban J connectivity index is 2.08. The molecule has 0 radical (unpaired) electrons. The van der Waals surface area contributed by atoms with Crippen molar-refractivity contribution in [3.05, 3.63) is 35.7 Å². The quantitative estimate of drug-likeness (QED) is 0.768. The van der Waals surface area contributed by atoms with Crippen molar-refractivity contribution in [3.8, 4) is 11.3 Å². The lowest BCUT2D eigenvalue weighted by Crippen LogP contribution is -2.07. The van der Waals surface area contributed by atoms with Crippen molar-refractivity contribution in [1.29, 1.82) is 0 Å². The summed E-state index contributed by atoms with van der Waals surface area (Å²) in [6, 6.07) is 9.95. The van der Waals surface area contributed by atoms with Gasteiger partial charge in [0, 0.05) is 17.9 Å². The summed E-state index contributed by atoms with van der Waals surface area (Å²) >= 11 is 1.49. The Bertz CT molecular complexity index is 701. The molecule has 0 saturated heterocycles. The van der Waals surface area contributed by atoms with Gasteiger partial charge in [-0.25, -0.2) is 4.52 Å². The highest BCUT2D eigenvalue weighted by Gasteiger charge is 2.11. The third-order valence-corrected chi connectivity index (χ3v) is 3.26. The lowest BCUT2D eigenvalue weighted by atomic mass is 10.2. The molecule has 3 aromatic rings. The average molecular weight is 258 g/mol. The van der Waals surface area contributed by atoms with Gasteiger partial charge in [-0.15, -0.1) is 16.4 Å². The normalized spacial score (nSPS) is 10.7. The minimum Gasteiger partial charge on any atom is -0.293 e. The fraction of sp³-hybridized carbons (Fsp3) is 0.0833. The summed E-state index contributed by atoms with van der Waals surface area (Å²) in [5, 5.41) is 8.86. The molecule has 18 heavy (non-hydrogen) atoms. The number of rotatable bonds is 2. The second-order valence-corrected chi connectivity index (χ2v) is 4.63. The molecule has 6 heteroatoms. The van der Waals surface area contributed by atoms with E-state index in [4.69, 9.17) is 0 Å². The molecule has 1 aromatic carbocycles. The number of amides is 1. The molecule has 0 aliphatic carbocycles. The van der Waals surface area contributed by atoms with Crippen LogP contribution in [0.3, 0.4) is 0 Å². The van der Waals surface area contributed by atoms with Gasteiger partial charge < -0.3 is 0 Å². The number of fused-ring (bicyclic) bond motifs is 1. The van der Waals surface area contributed by atoms with Crippen molar-refractivity contribution < 1.29 is 4.79 Å². The molecule has 90 valence electrons. The number of benzene rings is 1. The van der Waals surface area contributed by atoms with Crippen LogP contribution in [0, 0.1) is 0 Å². The lowest BCUT2D eigenvalue weighted by Gasteiger charge is -1.97. The van der Waals surface area contributed by atoms with E-state index in [2.05, 4.69) is 15.4 Å². The first-order chi connectivity index (χ1) is 8.74. The summed E-state index contributed by atoms with van der Waals surface area (Å²) in [4.78, 5) is 16.0. The number of thiazole rings is 1. The average Bonchev–Trinajstić information content (AvgIpc) is 2.88. The van der Waals surface area contributed by atoms with E-state index in [1.165, 1.54) is 18.3 Å². The highest BCUT2D eigenvalue weighted by atomic mass is 32.1. The zero-order valence-electron chi connectivity index (χ0n) is 9.62. The number of aromatic nitrogens is 3. The van der Waals surface area contributed by atoms with Gasteiger partial charge in [0.05, 0.1) is 5.69 Å². The Morgan fingerprint density at radius 1 is 1.33 bits per heavy atom. The molecule has 0 spiro atoms. The number of hydrogen-bond acceptors (Lipinski definition) is 4. The van der Waals surface area contributed by atoms with E-state index in [0.29, 0.717) is 5.95 Å². The van der Waals surface area contributed by atoms with Crippen LogP contribution in [-0.2, 0) is 4.79 Å².